The quantitative estimate of drug-likeness (QED) is 0.818. The maximum Gasteiger partial charge on any atom is 0.257 e. The number of nitrogens with one attached hydrogen (secondary N) is 2. The van der Waals surface area contributed by atoms with Crippen LogP contribution < -0.4 is 20.9 Å². The maximum atomic E-state index is 12.3. The molecule has 2 N–H and O–H groups in total. The van der Waals surface area contributed by atoms with Crippen molar-refractivity contribution in [3.8, 4) is 5.75 Å². The monoisotopic (exact) mass is 302 g/mol. The molecule has 1 aromatic heterocycles. The Balaban J connectivity index is 2.12. The summed E-state index contributed by atoms with van der Waals surface area (Å²) >= 11 is 5.19. The second kappa shape index (κ2) is 5.17. The minimum Gasteiger partial charge on any atom is -0.497 e. The fourth-order valence-electron chi connectivity index (χ4n) is 2.29. The van der Waals surface area contributed by atoms with Crippen molar-refractivity contribution in [2.75, 3.05) is 12.4 Å². The Bertz CT molecular complexity index is 755. The van der Waals surface area contributed by atoms with E-state index >= 15 is 0 Å². The summed E-state index contributed by atoms with van der Waals surface area (Å²) in [7, 11) is 1.61. The molecule has 0 aliphatic carbocycles. The Morgan fingerprint density at radius 3 is 2.71 bits per heavy atom. The largest absolute Gasteiger partial charge is 0.497 e. The fourth-order valence-corrected chi connectivity index (χ4v) is 2.49. The number of anilines is 1. The Kier molecular flexibility index (Phi) is 3.34. The summed E-state index contributed by atoms with van der Waals surface area (Å²) in [6.07, 6.45) is -0.389. The normalized spacial score (nSPS) is 16.7. The molecule has 0 bridgehead atoms. The van der Waals surface area contributed by atoms with Crippen molar-refractivity contribution in [1.82, 2.24) is 14.9 Å². The highest BCUT2D eigenvalue weighted by Gasteiger charge is 2.25. The number of ether oxygens (including phenoxy) is 1. The smallest absolute Gasteiger partial charge is 0.257 e. The van der Waals surface area contributed by atoms with Crippen LogP contribution in [0.1, 0.15) is 17.4 Å². The number of nitrogens with zero attached hydrogens (tertiary/aromatic N) is 2. The average Bonchev–Trinajstić information content (AvgIpc) is 2.45. The van der Waals surface area contributed by atoms with Gasteiger partial charge in [-0.05, 0) is 36.8 Å². The molecule has 6 nitrogen and oxygen atoms in total. The van der Waals surface area contributed by atoms with Gasteiger partial charge in [0.25, 0.3) is 5.56 Å². The van der Waals surface area contributed by atoms with Crippen molar-refractivity contribution in [2.45, 2.75) is 13.1 Å². The third-order valence-electron chi connectivity index (χ3n) is 3.26. The van der Waals surface area contributed by atoms with Crippen LogP contribution in [-0.4, -0.2) is 21.8 Å². The molecule has 0 saturated heterocycles. The number of thiocarbonyl (C=S) groups is 1. The van der Waals surface area contributed by atoms with Crippen molar-refractivity contribution >= 4 is 23.3 Å². The van der Waals surface area contributed by atoms with Gasteiger partial charge in [0.05, 0.1) is 7.11 Å². The molecule has 2 aromatic rings. The molecule has 7 heteroatoms. The SMILES string of the molecule is COc1ccc(C2NC(=S)Nc3nc(C)cc(=O)n32)cc1. The van der Waals surface area contributed by atoms with E-state index in [1.807, 2.05) is 24.3 Å². The first kappa shape index (κ1) is 13.6. The molecule has 0 spiro atoms. The van der Waals surface area contributed by atoms with E-state index in [9.17, 15) is 4.79 Å². The third kappa shape index (κ3) is 2.47. The molecule has 0 radical (unpaired) electrons. The van der Waals surface area contributed by atoms with Crippen molar-refractivity contribution in [3.63, 3.8) is 0 Å². The van der Waals surface area contributed by atoms with E-state index < -0.39 is 0 Å². The van der Waals surface area contributed by atoms with Crippen molar-refractivity contribution in [3.05, 3.63) is 51.9 Å². The lowest BCUT2D eigenvalue weighted by Gasteiger charge is -2.30. The van der Waals surface area contributed by atoms with Gasteiger partial charge in [0.1, 0.15) is 11.9 Å². The topological polar surface area (TPSA) is 68.2 Å². The third-order valence-corrected chi connectivity index (χ3v) is 3.48. The van der Waals surface area contributed by atoms with Gasteiger partial charge in [-0.15, -0.1) is 0 Å². The Hall–Kier alpha value is -2.41. The van der Waals surface area contributed by atoms with Crippen LogP contribution in [0, 0.1) is 6.92 Å². The summed E-state index contributed by atoms with van der Waals surface area (Å²) < 4.78 is 6.69. The molecule has 1 aliphatic heterocycles. The number of fused-ring (bicyclic) bond motifs is 1. The second-order valence-electron chi connectivity index (χ2n) is 4.70. The number of rotatable bonds is 2. The maximum absolute atomic E-state index is 12.3. The predicted molar refractivity (Wildman–Crippen MR) is 83.7 cm³/mol. The summed E-state index contributed by atoms with van der Waals surface area (Å²) in [5.41, 5.74) is 1.41. The molecule has 3 rings (SSSR count). The van der Waals surface area contributed by atoms with Gasteiger partial charge >= 0.3 is 0 Å². The van der Waals surface area contributed by atoms with Crippen LogP contribution in [0.2, 0.25) is 0 Å². The van der Waals surface area contributed by atoms with E-state index in [1.54, 1.807) is 18.6 Å². The minimum atomic E-state index is -0.389. The molecule has 1 aromatic carbocycles. The molecule has 21 heavy (non-hydrogen) atoms. The highest BCUT2D eigenvalue weighted by Crippen LogP contribution is 2.23. The zero-order valence-corrected chi connectivity index (χ0v) is 12.4. The van der Waals surface area contributed by atoms with Gasteiger partial charge in [-0.2, -0.15) is 0 Å². The molecule has 1 aliphatic rings. The molecule has 108 valence electrons. The molecule has 0 amide bonds. The highest BCUT2D eigenvalue weighted by molar-refractivity contribution is 7.80. The molecular formula is C14H14N4O2S. The van der Waals surface area contributed by atoms with Crippen molar-refractivity contribution in [1.29, 1.82) is 0 Å². The van der Waals surface area contributed by atoms with Crippen LogP contribution >= 0.6 is 12.2 Å². The van der Waals surface area contributed by atoms with E-state index in [0.29, 0.717) is 16.8 Å². The zero-order chi connectivity index (χ0) is 15.0. The number of aromatic nitrogens is 2. The van der Waals surface area contributed by atoms with Crippen molar-refractivity contribution in [2.24, 2.45) is 0 Å². The number of benzene rings is 1. The van der Waals surface area contributed by atoms with Gasteiger partial charge in [0.15, 0.2) is 5.11 Å². The first-order chi connectivity index (χ1) is 10.1. The minimum absolute atomic E-state index is 0.138. The van der Waals surface area contributed by atoms with Gasteiger partial charge in [-0.1, -0.05) is 12.1 Å². The van der Waals surface area contributed by atoms with E-state index in [4.69, 9.17) is 17.0 Å². The van der Waals surface area contributed by atoms with E-state index in [-0.39, 0.29) is 11.7 Å². The van der Waals surface area contributed by atoms with Gasteiger partial charge in [0, 0.05) is 11.8 Å². The standard InChI is InChI=1S/C14H14N4O2S/c1-8-7-11(19)18-12(16-14(21)17-13(18)15-8)9-3-5-10(20-2)6-4-9/h3-7,12H,1-2H3,(H2,15,16,17,21). The summed E-state index contributed by atoms with van der Waals surface area (Å²) in [5.74, 6) is 1.20. The molecule has 1 unspecified atom stereocenters. The Labute approximate surface area is 126 Å². The van der Waals surface area contributed by atoms with Gasteiger partial charge in [0.2, 0.25) is 5.95 Å². The van der Waals surface area contributed by atoms with Crippen LogP contribution in [-0.2, 0) is 0 Å². The summed E-state index contributed by atoms with van der Waals surface area (Å²) in [6.45, 7) is 1.78. The van der Waals surface area contributed by atoms with Crippen LogP contribution in [0.3, 0.4) is 0 Å². The summed E-state index contributed by atoms with van der Waals surface area (Å²) in [5, 5.41) is 6.44. The molecule has 2 heterocycles. The molecule has 0 saturated carbocycles. The number of hydrogen-bond donors (Lipinski definition) is 2. The molecular weight excluding hydrogens is 288 g/mol. The van der Waals surface area contributed by atoms with Crippen LogP contribution in [0.5, 0.6) is 5.75 Å². The van der Waals surface area contributed by atoms with Crippen LogP contribution in [0.4, 0.5) is 5.95 Å². The number of methoxy groups -OCH3 is 1. The van der Waals surface area contributed by atoms with Crippen LogP contribution in [0.15, 0.2) is 35.1 Å². The van der Waals surface area contributed by atoms with Gasteiger partial charge < -0.3 is 15.4 Å². The van der Waals surface area contributed by atoms with Gasteiger partial charge in [-0.25, -0.2) is 4.98 Å². The zero-order valence-electron chi connectivity index (χ0n) is 11.6. The Morgan fingerprint density at radius 2 is 2.05 bits per heavy atom. The van der Waals surface area contributed by atoms with E-state index in [1.165, 1.54) is 6.07 Å². The van der Waals surface area contributed by atoms with Gasteiger partial charge in [-0.3, -0.25) is 9.36 Å². The van der Waals surface area contributed by atoms with Crippen LogP contribution in [0.25, 0.3) is 0 Å². The second-order valence-corrected chi connectivity index (χ2v) is 5.11. The molecule has 0 fully saturated rings. The first-order valence-corrected chi connectivity index (χ1v) is 6.81. The lowest BCUT2D eigenvalue weighted by molar-refractivity contribution is 0.414. The summed E-state index contributed by atoms with van der Waals surface area (Å²) in [6, 6.07) is 8.96. The predicted octanol–water partition coefficient (Wildman–Crippen LogP) is 1.41. The highest BCUT2D eigenvalue weighted by atomic mass is 32.1. The van der Waals surface area contributed by atoms with Crippen molar-refractivity contribution < 1.29 is 4.74 Å². The van der Waals surface area contributed by atoms with E-state index in [0.717, 1.165) is 11.3 Å². The number of hydrogen-bond acceptors (Lipinski definition) is 4. The fraction of sp³-hybridized carbons (Fsp3) is 0.214. The van der Waals surface area contributed by atoms with E-state index in [2.05, 4.69) is 15.6 Å². The lowest BCUT2D eigenvalue weighted by atomic mass is 10.1. The summed E-state index contributed by atoms with van der Waals surface area (Å²) in [4.78, 5) is 16.6. The average molecular weight is 302 g/mol. The lowest BCUT2D eigenvalue weighted by Crippen LogP contribution is -2.47. The number of aryl methyl sites for hydroxylation is 1. The first-order valence-electron chi connectivity index (χ1n) is 6.40. The molecule has 1 atom stereocenters. The Morgan fingerprint density at radius 1 is 1.33 bits per heavy atom.